The number of carbonyl (C=O) groups excluding carboxylic acids is 3. The molecule has 0 spiro atoms. The fourth-order valence-electron chi connectivity index (χ4n) is 4.12. The van der Waals surface area contributed by atoms with Crippen LogP contribution in [0.3, 0.4) is 0 Å². The minimum Gasteiger partial charge on any atom is -0.496 e. The maximum atomic E-state index is 13.5. The van der Waals surface area contributed by atoms with Crippen LogP contribution >= 0.6 is 0 Å². The van der Waals surface area contributed by atoms with Crippen molar-refractivity contribution in [1.82, 2.24) is 19.9 Å². The molecule has 2 aromatic carbocycles. The van der Waals surface area contributed by atoms with E-state index in [-0.39, 0.29) is 28.4 Å². The minimum atomic E-state index is -0.840. The third-order valence-electron chi connectivity index (χ3n) is 6.03. The predicted octanol–water partition coefficient (Wildman–Crippen LogP) is 2.59. The van der Waals surface area contributed by atoms with Gasteiger partial charge in [-0.05, 0) is 30.2 Å². The van der Waals surface area contributed by atoms with E-state index in [0.29, 0.717) is 37.4 Å². The Balaban J connectivity index is 1.55. The summed E-state index contributed by atoms with van der Waals surface area (Å²) in [6.07, 6.45) is 0.770. The average molecular weight is 483 g/mol. The van der Waals surface area contributed by atoms with E-state index in [0.717, 1.165) is 23.4 Å². The van der Waals surface area contributed by atoms with Crippen LogP contribution in [0.25, 0.3) is 10.9 Å². The number of nitrogens with zero attached hydrogens (tertiary/aromatic N) is 4. The molecule has 2 heterocycles. The summed E-state index contributed by atoms with van der Waals surface area (Å²) in [6.45, 7) is 3.17. The molecule has 1 saturated heterocycles. The number of amides is 2. The zero-order valence-corrected chi connectivity index (χ0v) is 19.9. The van der Waals surface area contributed by atoms with Gasteiger partial charge in [0.15, 0.2) is 0 Å². The summed E-state index contributed by atoms with van der Waals surface area (Å²) in [5.74, 6) is -2.01. The Kier molecular flexibility index (Phi) is 7.11. The van der Waals surface area contributed by atoms with Gasteiger partial charge in [-0.3, -0.25) is 19.3 Å². The number of fused-ring (bicyclic) bond motifs is 1. The number of methoxy groups -OCH3 is 1. The molecule has 1 fully saturated rings. The lowest BCUT2D eigenvalue weighted by atomic mass is 10.1. The average Bonchev–Trinajstić information content (AvgIpc) is 3.13. The van der Waals surface area contributed by atoms with Crippen molar-refractivity contribution in [2.45, 2.75) is 13.0 Å². The maximum absolute atomic E-state index is 13.5. The van der Waals surface area contributed by atoms with E-state index in [9.17, 15) is 18.8 Å². The van der Waals surface area contributed by atoms with Crippen LogP contribution in [0.15, 0.2) is 40.9 Å². The van der Waals surface area contributed by atoms with Crippen LogP contribution in [0.2, 0.25) is 0 Å². The molecule has 3 aromatic rings. The number of rotatable bonds is 6. The Morgan fingerprint density at radius 3 is 2.51 bits per heavy atom. The Morgan fingerprint density at radius 2 is 1.83 bits per heavy atom. The largest absolute Gasteiger partial charge is 0.496 e. The second-order valence-electron chi connectivity index (χ2n) is 8.66. The van der Waals surface area contributed by atoms with Crippen molar-refractivity contribution in [2.24, 2.45) is 0 Å². The molecule has 0 N–H and O–H groups in total. The molecular formula is C25H27FN4O5. The SMILES string of the molecule is COc1cc2noc(C(=O)C(=O)N(C)C)c2cc1C(=O)N1CCCN(Cc2ccc(F)cc2)CC1. The smallest absolute Gasteiger partial charge is 0.297 e. The van der Waals surface area contributed by atoms with Crippen molar-refractivity contribution in [2.75, 3.05) is 47.4 Å². The van der Waals surface area contributed by atoms with Gasteiger partial charge < -0.3 is 19.1 Å². The number of hydrogen-bond donors (Lipinski definition) is 0. The topological polar surface area (TPSA) is 96.2 Å². The fraction of sp³-hybridized carbons (Fsp3) is 0.360. The summed E-state index contributed by atoms with van der Waals surface area (Å²) >= 11 is 0. The molecule has 1 aliphatic heterocycles. The first-order chi connectivity index (χ1) is 16.8. The number of carbonyl (C=O) groups is 3. The second-order valence-corrected chi connectivity index (χ2v) is 8.66. The molecule has 1 aliphatic rings. The molecule has 0 radical (unpaired) electrons. The molecule has 2 amide bonds. The van der Waals surface area contributed by atoms with E-state index in [2.05, 4.69) is 10.1 Å². The summed E-state index contributed by atoms with van der Waals surface area (Å²) in [7, 11) is 4.39. The zero-order valence-electron chi connectivity index (χ0n) is 19.9. The Hall–Kier alpha value is -3.79. The van der Waals surface area contributed by atoms with Crippen LogP contribution in [0, 0.1) is 5.82 Å². The van der Waals surface area contributed by atoms with E-state index < -0.39 is 11.7 Å². The third-order valence-corrected chi connectivity index (χ3v) is 6.03. The van der Waals surface area contributed by atoms with E-state index in [4.69, 9.17) is 9.26 Å². The summed E-state index contributed by atoms with van der Waals surface area (Å²) in [5.41, 5.74) is 1.59. The first-order valence-corrected chi connectivity index (χ1v) is 11.3. The normalized spacial score (nSPS) is 14.6. The van der Waals surface area contributed by atoms with Crippen LogP contribution in [0.4, 0.5) is 4.39 Å². The molecule has 35 heavy (non-hydrogen) atoms. The van der Waals surface area contributed by atoms with Crippen LogP contribution < -0.4 is 4.74 Å². The molecule has 0 atom stereocenters. The summed E-state index contributed by atoms with van der Waals surface area (Å²) < 4.78 is 23.8. The van der Waals surface area contributed by atoms with Gasteiger partial charge in [0.1, 0.15) is 17.1 Å². The van der Waals surface area contributed by atoms with Gasteiger partial charge in [0.2, 0.25) is 5.76 Å². The van der Waals surface area contributed by atoms with Crippen molar-refractivity contribution in [1.29, 1.82) is 0 Å². The van der Waals surface area contributed by atoms with Gasteiger partial charge in [0.05, 0.1) is 18.1 Å². The number of aromatic nitrogens is 1. The second kappa shape index (κ2) is 10.2. The summed E-state index contributed by atoms with van der Waals surface area (Å²) in [5, 5.41) is 4.15. The molecular weight excluding hydrogens is 455 g/mol. The van der Waals surface area contributed by atoms with Gasteiger partial charge in [0.25, 0.3) is 17.6 Å². The highest BCUT2D eigenvalue weighted by Gasteiger charge is 2.29. The highest BCUT2D eigenvalue weighted by Crippen LogP contribution is 2.29. The lowest BCUT2D eigenvalue weighted by Gasteiger charge is -2.23. The van der Waals surface area contributed by atoms with Gasteiger partial charge in [-0.25, -0.2) is 4.39 Å². The fourth-order valence-corrected chi connectivity index (χ4v) is 4.12. The molecule has 0 bridgehead atoms. The van der Waals surface area contributed by atoms with E-state index in [1.807, 2.05) is 0 Å². The Bertz CT molecular complexity index is 1250. The van der Waals surface area contributed by atoms with Gasteiger partial charge in [-0.15, -0.1) is 0 Å². The number of benzene rings is 2. The van der Waals surface area contributed by atoms with Crippen LogP contribution in [-0.4, -0.2) is 84.8 Å². The molecule has 0 aliphatic carbocycles. The van der Waals surface area contributed by atoms with Crippen molar-refractivity contribution in [3.8, 4) is 5.75 Å². The van der Waals surface area contributed by atoms with Crippen LogP contribution in [0.1, 0.15) is 32.9 Å². The lowest BCUT2D eigenvalue weighted by Crippen LogP contribution is -2.35. The number of hydrogen-bond acceptors (Lipinski definition) is 7. The Labute approximate surface area is 202 Å². The first-order valence-electron chi connectivity index (χ1n) is 11.3. The van der Waals surface area contributed by atoms with Gasteiger partial charge in [0, 0.05) is 52.9 Å². The first kappa shape index (κ1) is 24.3. The zero-order chi connectivity index (χ0) is 25.1. The molecule has 1 aromatic heterocycles. The highest BCUT2D eigenvalue weighted by molar-refractivity contribution is 6.43. The number of Topliss-reactive ketones (excluding diaryl/α,β-unsaturated/α-hetero) is 1. The lowest BCUT2D eigenvalue weighted by molar-refractivity contribution is -0.124. The molecule has 4 rings (SSSR count). The summed E-state index contributed by atoms with van der Waals surface area (Å²) in [4.78, 5) is 43.4. The molecule has 10 heteroatoms. The number of ketones is 1. The van der Waals surface area contributed by atoms with Crippen LogP contribution in [-0.2, 0) is 11.3 Å². The Morgan fingerprint density at radius 1 is 1.09 bits per heavy atom. The standard InChI is InChI=1S/C25H27FN4O5/c1-28(2)25(33)22(31)23-18-13-19(21(34-3)14-20(18)27-35-23)24(32)30-10-4-9-29(11-12-30)15-16-5-7-17(26)8-6-16/h5-8,13-14H,4,9-12,15H2,1-3H3. The summed E-state index contributed by atoms with van der Waals surface area (Å²) in [6, 6.07) is 9.46. The van der Waals surface area contributed by atoms with Gasteiger partial charge in [-0.2, -0.15) is 0 Å². The molecule has 9 nitrogen and oxygen atoms in total. The minimum absolute atomic E-state index is 0.211. The number of ether oxygens (including phenoxy) is 1. The molecule has 184 valence electrons. The van der Waals surface area contributed by atoms with Crippen molar-refractivity contribution >= 4 is 28.5 Å². The quantitative estimate of drug-likeness (QED) is 0.394. The van der Waals surface area contributed by atoms with E-state index in [1.165, 1.54) is 45.5 Å². The van der Waals surface area contributed by atoms with Crippen LogP contribution in [0.5, 0.6) is 5.75 Å². The third kappa shape index (κ3) is 5.17. The van der Waals surface area contributed by atoms with Gasteiger partial charge >= 0.3 is 0 Å². The molecule has 0 unspecified atom stereocenters. The van der Waals surface area contributed by atoms with Crippen molar-refractivity contribution in [3.05, 3.63) is 59.1 Å². The van der Waals surface area contributed by atoms with E-state index in [1.54, 1.807) is 17.0 Å². The van der Waals surface area contributed by atoms with E-state index >= 15 is 0 Å². The highest BCUT2D eigenvalue weighted by atomic mass is 19.1. The predicted molar refractivity (Wildman–Crippen MR) is 126 cm³/mol. The molecule has 0 saturated carbocycles. The number of likely N-dealkylation sites (N-methyl/N-ethyl adjacent to an activating group) is 1. The monoisotopic (exact) mass is 482 g/mol. The van der Waals surface area contributed by atoms with Crippen molar-refractivity contribution < 1.29 is 28.0 Å². The van der Waals surface area contributed by atoms with Gasteiger partial charge in [-0.1, -0.05) is 17.3 Å². The van der Waals surface area contributed by atoms with Crippen molar-refractivity contribution in [3.63, 3.8) is 0 Å². The number of halogens is 1. The maximum Gasteiger partial charge on any atom is 0.297 e.